The molecule has 0 aliphatic heterocycles. The highest BCUT2D eigenvalue weighted by Crippen LogP contribution is 2.37. The number of carboxylic acids is 1. The number of sulfonamides is 1. The number of rotatable bonds is 11. The summed E-state index contributed by atoms with van der Waals surface area (Å²) in [7, 11) is -4.47. The minimum atomic E-state index is -4.47. The quantitative estimate of drug-likeness (QED) is 0.291. The number of carbonyl (C=O) groups excluding carboxylic acids is 1. The highest BCUT2D eigenvalue weighted by molar-refractivity contribution is 7.91. The number of carbonyl (C=O) groups is 2. The van der Waals surface area contributed by atoms with E-state index in [0.29, 0.717) is 34.8 Å². The van der Waals surface area contributed by atoms with E-state index in [4.69, 9.17) is 9.15 Å². The maximum atomic E-state index is 13.9. The highest BCUT2D eigenvalue weighted by atomic mass is 32.2. The van der Waals surface area contributed by atoms with Gasteiger partial charge in [-0.05, 0) is 60.9 Å². The van der Waals surface area contributed by atoms with Gasteiger partial charge in [0.15, 0.2) is 10.6 Å². The molecular formula is C31H34N2O7S. The highest BCUT2D eigenvalue weighted by Gasteiger charge is 2.46. The van der Waals surface area contributed by atoms with E-state index in [1.54, 1.807) is 45.1 Å². The molecule has 0 bridgehead atoms. The summed E-state index contributed by atoms with van der Waals surface area (Å²) in [6.07, 6.45) is 6.87. The number of amides is 1. The van der Waals surface area contributed by atoms with Gasteiger partial charge in [-0.1, -0.05) is 62.4 Å². The number of hydrogen-bond donors (Lipinski definition) is 3. The van der Waals surface area contributed by atoms with E-state index in [-0.39, 0.29) is 12.2 Å². The van der Waals surface area contributed by atoms with E-state index in [9.17, 15) is 23.1 Å². The summed E-state index contributed by atoms with van der Waals surface area (Å²) in [6, 6.07) is 13.4. The molecule has 0 spiro atoms. The van der Waals surface area contributed by atoms with Crippen molar-refractivity contribution in [1.29, 1.82) is 0 Å². The van der Waals surface area contributed by atoms with Crippen molar-refractivity contribution in [2.75, 3.05) is 6.61 Å². The Bertz CT molecular complexity index is 1640. The Morgan fingerprint density at radius 3 is 2.46 bits per heavy atom. The smallest absolute Gasteiger partial charge is 0.321 e. The van der Waals surface area contributed by atoms with Gasteiger partial charge in [-0.15, -0.1) is 0 Å². The van der Waals surface area contributed by atoms with E-state index in [1.165, 1.54) is 6.08 Å². The Morgan fingerprint density at radius 1 is 1.12 bits per heavy atom. The van der Waals surface area contributed by atoms with Crippen LogP contribution in [0, 0.1) is 18.8 Å². The average Bonchev–Trinajstić information content (AvgIpc) is 3.72. The summed E-state index contributed by atoms with van der Waals surface area (Å²) < 4.78 is 42.0. The van der Waals surface area contributed by atoms with Crippen LogP contribution in [0.3, 0.4) is 0 Å². The fourth-order valence-corrected chi connectivity index (χ4v) is 6.61. The molecule has 1 saturated carbocycles. The van der Waals surface area contributed by atoms with E-state index in [2.05, 4.69) is 10.0 Å². The number of fused-ring (bicyclic) bond motifs is 1. The second kappa shape index (κ2) is 11.2. The molecule has 1 amide bonds. The van der Waals surface area contributed by atoms with Gasteiger partial charge in [0.05, 0.1) is 12.0 Å². The summed E-state index contributed by atoms with van der Waals surface area (Å²) in [6.45, 7) is 5.53. The Morgan fingerprint density at radius 2 is 1.85 bits per heavy atom. The fourth-order valence-electron chi connectivity index (χ4n) is 4.91. The molecule has 3 aromatic rings. The second-order valence-electron chi connectivity index (χ2n) is 11.0. The third-order valence-corrected chi connectivity index (χ3v) is 9.51. The van der Waals surface area contributed by atoms with Crippen LogP contribution >= 0.6 is 0 Å². The first-order valence-electron chi connectivity index (χ1n) is 13.7. The van der Waals surface area contributed by atoms with Crippen molar-refractivity contribution in [3.05, 3.63) is 83.6 Å². The Kier molecular flexibility index (Phi) is 7.80. The minimum Gasteiger partial charge on any atom is -0.493 e. The van der Waals surface area contributed by atoms with Crippen LogP contribution in [-0.2, 0) is 14.8 Å². The molecule has 2 aromatic carbocycles. The molecule has 0 saturated heterocycles. The molecule has 5 rings (SSSR count). The zero-order valence-electron chi connectivity index (χ0n) is 23.2. The Hall–Kier alpha value is -3.89. The average molecular weight is 579 g/mol. The number of aliphatic carboxylic acids is 1. The number of nitrogens with one attached hydrogen (secondary N) is 2. The molecule has 216 valence electrons. The second-order valence-corrected chi connectivity index (χ2v) is 13.0. The summed E-state index contributed by atoms with van der Waals surface area (Å²) in [5, 5.41) is 13.0. The summed E-state index contributed by atoms with van der Waals surface area (Å²) in [5.74, 6) is -1.49. The van der Waals surface area contributed by atoms with Crippen molar-refractivity contribution in [2.24, 2.45) is 11.8 Å². The molecule has 10 heteroatoms. The van der Waals surface area contributed by atoms with Crippen molar-refractivity contribution in [3.8, 4) is 5.75 Å². The van der Waals surface area contributed by atoms with Gasteiger partial charge in [0, 0.05) is 12.0 Å². The van der Waals surface area contributed by atoms with Gasteiger partial charge in [-0.25, -0.2) is 8.42 Å². The third-order valence-electron chi connectivity index (χ3n) is 7.58. The standard InChI is InChI=1S/C31H34N2O7S/c1-19(2)27(30(35)36)33-41(37,38)31(16-14-23(15-17-31)22-8-5-4-6-9-22)32-29(34)28-20(3)26-24(39-18-21-12-13-21)10-7-11-25(26)40-28/h4-11,14-16,19,21,27,33H,12-13,17-18H2,1-3H3,(H,32,34)(H,35,36)/t27-,31?/m0/s1. The molecule has 2 atom stereocenters. The molecule has 2 aliphatic carbocycles. The molecule has 1 heterocycles. The topological polar surface area (TPSA) is 135 Å². The van der Waals surface area contributed by atoms with Crippen LogP contribution in [0.15, 0.2) is 71.2 Å². The van der Waals surface area contributed by atoms with Crippen LogP contribution in [0.25, 0.3) is 16.5 Å². The lowest BCUT2D eigenvalue weighted by molar-refractivity contribution is -0.140. The van der Waals surface area contributed by atoms with Gasteiger partial charge in [0.2, 0.25) is 10.0 Å². The van der Waals surface area contributed by atoms with E-state index >= 15 is 0 Å². The Balaban J connectivity index is 1.50. The van der Waals surface area contributed by atoms with Gasteiger partial charge in [-0.3, -0.25) is 9.59 Å². The predicted octanol–water partition coefficient (Wildman–Crippen LogP) is 5.03. The summed E-state index contributed by atoms with van der Waals surface area (Å²) in [4.78, 5) is 23.7. The molecule has 41 heavy (non-hydrogen) atoms. The van der Waals surface area contributed by atoms with Crippen LogP contribution in [0.5, 0.6) is 5.75 Å². The number of furan rings is 1. The van der Waals surface area contributed by atoms with Crippen molar-refractivity contribution >= 4 is 38.4 Å². The molecule has 1 unspecified atom stereocenters. The summed E-state index contributed by atoms with van der Waals surface area (Å²) in [5.41, 5.74) is 2.63. The minimum absolute atomic E-state index is 0.0399. The number of aryl methyl sites for hydroxylation is 1. The number of hydrogen-bond acceptors (Lipinski definition) is 6. The van der Waals surface area contributed by atoms with Crippen LogP contribution < -0.4 is 14.8 Å². The zero-order valence-corrected chi connectivity index (χ0v) is 24.0. The lowest BCUT2D eigenvalue weighted by Crippen LogP contribution is -2.60. The predicted molar refractivity (Wildman–Crippen MR) is 156 cm³/mol. The largest absolute Gasteiger partial charge is 0.493 e. The fraction of sp³-hybridized carbons (Fsp3) is 0.355. The number of benzene rings is 2. The van der Waals surface area contributed by atoms with Crippen LogP contribution in [0.4, 0.5) is 0 Å². The Labute approximate surface area is 239 Å². The van der Waals surface area contributed by atoms with Crippen LogP contribution in [-0.4, -0.2) is 42.9 Å². The van der Waals surface area contributed by atoms with Gasteiger partial charge in [-0.2, -0.15) is 4.72 Å². The molecule has 3 N–H and O–H groups in total. The first-order chi connectivity index (χ1) is 19.5. The van der Waals surface area contributed by atoms with E-state index in [1.807, 2.05) is 36.4 Å². The van der Waals surface area contributed by atoms with Crippen molar-refractivity contribution < 1.29 is 32.3 Å². The maximum absolute atomic E-state index is 13.9. The molecule has 1 fully saturated rings. The molecule has 9 nitrogen and oxygen atoms in total. The maximum Gasteiger partial charge on any atom is 0.321 e. The normalized spacial score (nSPS) is 19.7. The SMILES string of the molecule is Cc1c(C(=O)NC2(S(=O)(=O)N[C@H](C(=O)O)C(C)C)C=CC(c3ccccc3)=CC2)oc2cccc(OCC3CC3)c12. The van der Waals surface area contributed by atoms with Crippen LogP contribution in [0.2, 0.25) is 0 Å². The van der Waals surface area contributed by atoms with Crippen molar-refractivity contribution in [1.82, 2.24) is 10.0 Å². The molecule has 1 aromatic heterocycles. The first-order valence-corrected chi connectivity index (χ1v) is 15.2. The molecular weight excluding hydrogens is 544 g/mol. The lowest BCUT2D eigenvalue weighted by atomic mass is 9.96. The van der Waals surface area contributed by atoms with Crippen LogP contribution in [0.1, 0.15) is 54.8 Å². The number of allylic oxidation sites excluding steroid dienone is 2. The number of carboxylic acid groups (broad SMARTS) is 1. The summed E-state index contributed by atoms with van der Waals surface area (Å²) >= 11 is 0. The zero-order chi connectivity index (χ0) is 29.4. The molecule has 0 radical (unpaired) electrons. The van der Waals surface area contributed by atoms with E-state index < -0.39 is 38.7 Å². The third kappa shape index (κ3) is 5.80. The van der Waals surface area contributed by atoms with Gasteiger partial charge < -0.3 is 19.6 Å². The van der Waals surface area contributed by atoms with Gasteiger partial charge in [0.1, 0.15) is 17.4 Å². The van der Waals surface area contributed by atoms with Crippen molar-refractivity contribution in [3.63, 3.8) is 0 Å². The van der Waals surface area contributed by atoms with E-state index in [0.717, 1.165) is 24.0 Å². The first kappa shape index (κ1) is 28.6. The molecule has 2 aliphatic rings. The van der Waals surface area contributed by atoms with Crippen molar-refractivity contribution in [2.45, 2.75) is 50.9 Å². The lowest BCUT2D eigenvalue weighted by Gasteiger charge is -2.34. The van der Waals surface area contributed by atoms with Gasteiger partial charge >= 0.3 is 5.97 Å². The monoisotopic (exact) mass is 578 g/mol. The number of ether oxygens (including phenoxy) is 1. The van der Waals surface area contributed by atoms with Gasteiger partial charge in [0.25, 0.3) is 5.91 Å².